The van der Waals surface area contributed by atoms with Crippen molar-refractivity contribution < 1.29 is 19.1 Å². The molecule has 2 N–H and O–H groups in total. The SMILES string of the molecule is CCCCCNC(=O)C(c1ccc(C)cc1C)N(CCCCC)C(=O)C(CS)NC(=O)OC(C)(C)C. The Kier molecular flexibility index (Phi) is 14.0. The molecule has 0 saturated heterocycles. The Labute approximate surface area is 223 Å². The molecule has 1 aromatic carbocycles. The first-order valence-electron chi connectivity index (χ1n) is 13.2. The standard InChI is InChI=1S/C28H47N3O4S/c1-8-10-12-16-29-25(32)24(22-15-14-20(3)18-21(22)4)31(17-13-11-9-2)26(33)23(19-36)30-27(34)35-28(5,6)7/h14-15,18,23-24,36H,8-13,16-17,19H2,1-7H3,(H,29,32)(H,30,34). The van der Waals surface area contributed by atoms with E-state index in [0.29, 0.717) is 13.1 Å². The van der Waals surface area contributed by atoms with Crippen LogP contribution in [0.2, 0.25) is 0 Å². The van der Waals surface area contributed by atoms with E-state index in [0.717, 1.165) is 55.2 Å². The molecule has 36 heavy (non-hydrogen) atoms. The van der Waals surface area contributed by atoms with Crippen LogP contribution < -0.4 is 10.6 Å². The van der Waals surface area contributed by atoms with E-state index in [4.69, 9.17) is 4.74 Å². The Morgan fingerprint density at radius 1 is 1.03 bits per heavy atom. The summed E-state index contributed by atoms with van der Waals surface area (Å²) in [7, 11) is 0. The van der Waals surface area contributed by atoms with Crippen LogP contribution in [0.4, 0.5) is 4.79 Å². The van der Waals surface area contributed by atoms with Crippen molar-refractivity contribution in [2.75, 3.05) is 18.8 Å². The van der Waals surface area contributed by atoms with Gasteiger partial charge < -0.3 is 20.3 Å². The Morgan fingerprint density at radius 2 is 1.67 bits per heavy atom. The Morgan fingerprint density at radius 3 is 2.22 bits per heavy atom. The fraction of sp³-hybridized carbons (Fsp3) is 0.679. The lowest BCUT2D eigenvalue weighted by atomic mass is 9.96. The average molecular weight is 522 g/mol. The third-order valence-electron chi connectivity index (χ3n) is 5.82. The van der Waals surface area contributed by atoms with E-state index in [-0.39, 0.29) is 17.6 Å². The smallest absolute Gasteiger partial charge is 0.408 e. The second-order valence-corrected chi connectivity index (χ2v) is 10.7. The minimum absolute atomic E-state index is 0.0834. The van der Waals surface area contributed by atoms with Gasteiger partial charge in [0.1, 0.15) is 17.7 Å². The van der Waals surface area contributed by atoms with Gasteiger partial charge in [0.2, 0.25) is 11.8 Å². The second-order valence-electron chi connectivity index (χ2n) is 10.4. The van der Waals surface area contributed by atoms with E-state index in [1.165, 1.54) is 0 Å². The fourth-order valence-electron chi connectivity index (χ4n) is 4.00. The first-order chi connectivity index (χ1) is 16.9. The molecule has 2 unspecified atom stereocenters. The zero-order chi connectivity index (χ0) is 27.3. The van der Waals surface area contributed by atoms with Gasteiger partial charge in [-0.25, -0.2) is 4.79 Å². The number of ether oxygens (including phenoxy) is 1. The van der Waals surface area contributed by atoms with Gasteiger partial charge in [-0.05, 0) is 58.6 Å². The predicted molar refractivity (Wildman–Crippen MR) is 149 cm³/mol. The summed E-state index contributed by atoms with van der Waals surface area (Å²) in [6.45, 7) is 14.4. The quantitative estimate of drug-likeness (QED) is 0.223. The lowest BCUT2D eigenvalue weighted by Gasteiger charge is -2.35. The van der Waals surface area contributed by atoms with Crippen molar-refractivity contribution in [1.82, 2.24) is 15.5 Å². The molecule has 8 heteroatoms. The van der Waals surface area contributed by atoms with Gasteiger partial charge in [0, 0.05) is 18.8 Å². The molecular formula is C28H47N3O4S. The van der Waals surface area contributed by atoms with E-state index in [2.05, 4.69) is 37.1 Å². The molecule has 0 aliphatic heterocycles. The summed E-state index contributed by atoms with van der Waals surface area (Å²) in [6, 6.07) is 4.18. The summed E-state index contributed by atoms with van der Waals surface area (Å²) in [4.78, 5) is 41.6. The minimum Gasteiger partial charge on any atom is -0.444 e. The average Bonchev–Trinajstić information content (AvgIpc) is 2.79. The third-order valence-corrected chi connectivity index (χ3v) is 6.18. The first kappa shape index (κ1) is 31.8. The summed E-state index contributed by atoms with van der Waals surface area (Å²) >= 11 is 4.35. The van der Waals surface area contributed by atoms with Gasteiger partial charge >= 0.3 is 6.09 Å². The van der Waals surface area contributed by atoms with Crippen LogP contribution in [0, 0.1) is 13.8 Å². The van der Waals surface area contributed by atoms with Crippen molar-refractivity contribution in [3.8, 4) is 0 Å². The highest BCUT2D eigenvalue weighted by Gasteiger charge is 2.36. The van der Waals surface area contributed by atoms with Crippen LogP contribution >= 0.6 is 12.6 Å². The van der Waals surface area contributed by atoms with Crippen molar-refractivity contribution in [1.29, 1.82) is 0 Å². The Balaban J connectivity index is 3.38. The molecule has 0 heterocycles. The molecule has 0 aliphatic carbocycles. The summed E-state index contributed by atoms with van der Waals surface area (Å²) in [6.07, 6.45) is 4.92. The van der Waals surface area contributed by atoms with Gasteiger partial charge in [-0.15, -0.1) is 0 Å². The molecule has 0 fully saturated rings. The Bertz CT molecular complexity index is 854. The maximum atomic E-state index is 13.9. The highest BCUT2D eigenvalue weighted by molar-refractivity contribution is 7.80. The van der Waals surface area contributed by atoms with Crippen LogP contribution in [0.15, 0.2) is 18.2 Å². The Hall–Kier alpha value is -2.22. The van der Waals surface area contributed by atoms with Gasteiger partial charge in [0.25, 0.3) is 0 Å². The second kappa shape index (κ2) is 15.8. The molecule has 0 bridgehead atoms. The number of carbonyl (C=O) groups is 3. The third kappa shape index (κ3) is 10.8. The molecule has 3 amide bonds. The summed E-state index contributed by atoms with van der Waals surface area (Å²) in [5.74, 6) is -0.473. The van der Waals surface area contributed by atoms with Crippen LogP contribution in [-0.2, 0) is 14.3 Å². The highest BCUT2D eigenvalue weighted by atomic mass is 32.1. The van der Waals surface area contributed by atoms with Crippen LogP contribution in [0.3, 0.4) is 0 Å². The van der Waals surface area contributed by atoms with Crippen molar-refractivity contribution in [2.24, 2.45) is 0 Å². The largest absolute Gasteiger partial charge is 0.444 e. The number of hydrogen-bond acceptors (Lipinski definition) is 5. The molecule has 7 nitrogen and oxygen atoms in total. The molecule has 1 aromatic rings. The van der Waals surface area contributed by atoms with E-state index >= 15 is 0 Å². The lowest BCUT2D eigenvalue weighted by molar-refractivity contribution is -0.142. The monoisotopic (exact) mass is 521 g/mol. The fourth-order valence-corrected chi connectivity index (χ4v) is 4.25. The molecule has 0 aliphatic rings. The van der Waals surface area contributed by atoms with Crippen molar-refractivity contribution >= 4 is 30.5 Å². The van der Waals surface area contributed by atoms with Gasteiger partial charge in [-0.2, -0.15) is 12.6 Å². The molecule has 2 atom stereocenters. The number of alkyl carbamates (subject to hydrolysis) is 1. The maximum Gasteiger partial charge on any atom is 0.408 e. The van der Waals surface area contributed by atoms with E-state index in [1.807, 2.05) is 32.0 Å². The van der Waals surface area contributed by atoms with Gasteiger partial charge in [-0.3, -0.25) is 9.59 Å². The van der Waals surface area contributed by atoms with Crippen molar-refractivity contribution in [3.63, 3.8) is 0 Å². The normalized spacial score (nSPS) is 13.0. The lowest BCUT2D eigenvalue weighted by Crippen LogP contribution is -2.54. The highest BCUT2D eigenvalue weighted by Crippen LogP contribution is 2.27. The zero-order valence-electron chi connectivity index (χ0n) is 23.3. The number of rotatable bonds is 14. The number of aryl methyl sites for hydroxylation is 2. The maximum absolute atomic E-state index is 13.9. The first-order valence-corrected chi connectivity index (χ1v) is 13.8. The van der Waals surface area contributed by atoms with E-state index in [1.54, 1.807) is 25.7 Å². The van der Waals surface area contributed by atoms with E-state index < -0.39 is 23.8 Å². The zero-order valence-corrected chi connectivity index (χ0v) is 24.2. The molecule has 0 aromatic heterocycles. The summed E-state index contributed by atoms with van der Waals surface area (Å²) < 4.78 is 5.37. The number of thiol groups is 1. The number of hydrogen-bond donors (Lipinski definition) is 3. The summed E-state index contributed by atoms with van der Waals surface area (Å²) in [5.41, 5.74) is 2.12. The van der Waals surface area contributed by atoms with Gasteiger partial charge in [-0.1, -0.05) is 63.3 Å². The topological polar surface area (TPSA) is 87.7 Å². The van der Waals surface area contributed by atoms with Crippen LogP contribution in [0.1, 0.15) is 95.9 Å². The summed E-state index contributed by atoms with van der Waals surface area (Å²) in [5, 5.41) is 5.71. The predicted octanol–water partition coefficient (Wildman–Crippen LogP) is 5.49. The van der Waals surface area contributed by atoms with Crippen LogP contribution in [0.5, 0.6) is 0 Å². The molecular weight excluding hydrogens is 474 g/mol. The number of carbonyl (C=O) groups excluding carboxylic acids is 3. The number of nitrogens with zero attached hydrogens (tertiary/aromatic N) is 1. The van der Waals surface area contributed by atoms with Crippen molar-refractivity contribution in [2.45, 2.75) is 105 Å². The van der Waals surface area contributed by atoms with Crippen LogP contribution in [-0.4, -0.2) is 53.3 Å². The number of amides is 3. The van der Waals surface area contributed by atoms with Crippen LogP contribution in [0.25, 0.3) is 0 Å². The van der Waals surface area contributed by atoms with Gasteiger partial charge in [0.05, 0.1) is 0 Å². The minimum atomic E-state index is -0.925. The molecule has 204 valence electrons. The number of benzene rings is 1. The van der Waals surface area contributed by atoms with E-state index in [9.17, 15) is 14.4 Å². The van der Waals surface area contributed by atoms with Gasteiger partial charge in [0.15, 0.2) is 0 Å². The molecule has 1 rings (SSSR count). The number of unbranched alkanes of at least 4 members (excludes halogenated alkanes) is 4. The van der Waals surface area contributed by atoms with Crippen molar-refractivity contribution in [3.05, 3.63) is 34.9 Å². The molecule has 0 spiro atoms. The molecule has 0 saturated carbocycles. The molecule has 0 radical (unpaired) electrons. The number of nitrogens with one attached hydrogen (secondary N) is 2.